The number of carbonyl (C=O) groups is 8. The molecule has 2 fully saturated rings. The maximum absolute atomic E-state index is 11.7. The van der Waals surface area contributed by atoms with Gasteiger partial charge in [0.25, 0.3) is 0 Å². The minimum Gasteiger partial charge on any atom is -0.481 e. The summed E-state index contributed by atoms with van der Waals surface area (Å²) in [5, 5.41) is 53.3. The highest BCUT2D eigenvalue weighted by molar-refractivity contribution is 5.93. The van der Waals surface area contributed by atoms with Crippen molar-refractivity contribution in [2.75, 3.05) is 20.3 Å². The summed E-state index contributed by atoms with van der Waals surface area (Å²) in [6.07, 6.45) is 2.45. The van der Waals surface area contributed by atoms with Gasteiger partial charge < -0.3 is 54.7 Å². The van der Waals surface area contributed by atoms with Gasteiger partial charge in [0.2, 0.25) is 17.8 Å². The second-order valence-electron chi connectivity index (χ2n) is 16.5. The summed E-state index contributed by atoms with van der Waals surface area (Å²) in [5.41, 5.74) is -6.36. The monoisotopic (exact) mass is 920 g/mol. The third-order valence-electron chi connectivity index (χ3n) is 9.10. The van der Waals surface area contributed by atoms with E-state index < -0.39 is 90.2 Å². The van der Waals surface area contributed by atoms with Gasteiger partial charge in [-0.1, -0.05) is 55.4 Å². The number of rotatable bonds is 22. The molecule has 2 heterocycles. The zero-order valence-corrected chi connectivity index (χ0v) is 38.9. The summed E-state index contributed by atoms with van der Waals surface area (Å²) in [4.78, 5) is 87.9. The molecule has 0 spiro atoms. The molecule has 0 amide bonds. The summed E-state index contributed by atoms with van der Waals surface area (Å²) in [6.45, 7) is 17.5. The predicted molar refractivity (Wildman–Crippen MR) is 226 cm³/mol. The van der Waals surface area contributed by atoms with Crippen LogP contribution in [0.5, 0.6) is 0 Å². The summed E-state index contributed by atoms with van der Waals surface area (Å²) in [5.74, 6) is -5.45. The van der Waals surface area contributed by atoms with Crippen LogP contribution in [0.1, 0.15) is 157 Å². The van der Waals surface area contributed by atoms with Gasteiger partial charge in [-0.05, 0) is 88.9 Å². The van der Waals surface area contributed by atoms with Crippen LogP contribution in [0.2, 0.25) is 0 Å². The number of aliphatic hydroxyl groups is 3. The van der Waals surface area contributed by atoms with E-state index in [4.69, 9.17) is 38.7 Å². The SMILES string of the molecule is CC(C)CCC(O)(CC(=O)O)C(=O)O.CC(C)CCC1(C(=O)O)CC(=O)O1.O.[3H]C(C)OC(=O)C(O)(CCC(C)C)CC(=O)OC.[3H]C(C)OC(=O)C1(CCC(C)C)CC(=O)O1.[3H][C+](C)O. The van der Waals surface area contributed by atoms with Crippen LogP contribution in [0, 0.1) is 30.3 Å². The third kappa shape index (κ3) is 26.6. The van der Waals surface area contributed by atoms with Crippen molar-refractivity contribution in [3.63, 3.8) is 0 Å². The fourth-order valence-corrected chi connectivity index (χ4v) is 5.23. The van der Waals surface area contributed by atoms with Crippen LogP contribution in [-0.4, -0.2) is 127 Å². The van der Waals surface area contributed by atoms with Crippen molar-refractivity contribution in [2.24, 2.45) is 23.7 Å². The molecule has 6 atom stereocenters. The van der Waals surface area contributed by atoms with Crippen LogP contribution < -0.4 is 0 Å². The topological polar surface area (TPSA) is 336 Å². The van der Waals surface area contributed by atoms with Gasteiger partial charge in [0.15, 0.2) is 11.2 Å². The molecule has 0 bridgehead atoms. The lowest BCUT2D eigenvalue weighted by atomic mass is 9.86. The summed E-state index contributed by atoms with van der Waals surface area (Å²) >= 11 is 0. The van der Waals surface area contributed by atoms with Crippen molar-refractivity contribution in [3.05, 3.63) is 6.58 Å². The number of carbonyl (C=O) groups excluding carboxylic acids is 5. The molecule has 63 heavy (non-hydrogen) atoms. The molecule has 0 aliphatic carbocycles. The maximum atomic E-state index is 11.7. The second kappa shape index (κ2) is 32.2. The number of aliphatic carboxylic acids is 3. The molecular weight excluding hydrogens is 836 g/mol. The molecule has 2 rings (SSSR count). The van der Waals surface area contributed by atoms with Crippen LogP contribution in [0.25, 0.3) is 0 Å². The Labute approximate surface area is 375 Å². The Morgan fingerprint density at radius 3 is 1.40 bits per heavy atom. The lowest BCUT2D eigenvalue weighted by Crippen LogP contribution is -2.54. The fraction of sp³-hybridized carbons (Fsp3) is 0.791. The van der Waals surface area contributed by atoms with Gasteiger partial charge in [0.05, 0.1) is 48.7 Å². The van der Waals surface area contributed by atoms with E-state index in [1.807, 2.05) is 55.4 Å². The molecule has 0 radical (unpaired) electrons. The van der Waals surface area contributed by atoms with Gasteiger partial charge in [-0.15, -0.1) is 0 Å². The molecule has 20 nitrogen and oxygen atoms in total. The number of ether oxygens (including phenoxy) is 5. The van der Waals surface area contributed by atoms with Gasteiger partial charge in [0.1, 0.15) is 6.92 Å². The highest BCUT2D eigenvalue weighted by Gasteiger charge is 2.54. The first-order valence-electron chi connectivity index (χ1n) is 22.1. The first-order chi connectivity index (χ1) is 29.5. The Morgan fingerprint density at radius 1 is 0.730 bits per heavy atom. The highest BCUT2D eigenvalue weighted by atomic mass is 16.6. The van der Waals surface area contributed by atoms with E-state index in [0.717, 1.165) is 12.8 Å². The average molecular weight is 920 g/mol. The van der Waals surface area contributed by atoms with Gasteiger partial charge in [-0.2, -0.15) is 0 Å². The Morgan fingerprint density at radius 2 is 1.10 bits per heavy atom. The van der Waals surface area contributed by atoms with Crippen molar-refractivity contribution in [1.29, 1.82) is 0 Å². The lowest BCUT2D eigenvalue weighted by molar-refractivity contribution is -0.209. The molecule has 2 saturated heterocycles. The van der Waals surface area contributed by atoms with Crippen molar-refractivity contribution < 1.29 is 102 Å². The van der Waals surface area contributed by atoms with E-state index in [9.17, 15) is 48.6 Å². The fourth-order valence-electron chi connectivity index (χ4n) is 5.23. The lowest BCUT2D eigenvalue weighted by Gasteiger charge is -2.38. The Bertz CT molecular complexity index is 1500. The zero-order chi connectivity index (χ0) is 51.7. The smallest absolute Gasteiger partial charge is 0.366 e. The molecule has 0 aromatic heterocycles. The number of esters is 5. The van der Waals surface area contributed by atoms with E-state index in [1.54, 1.807) is 0 Å². The van der Waals surface area contributed by atoms with E-state index in [-0.39, 0.29) is 55.5 Å². The van der Waals surface area contributed by atoms with Crippen molar-refractivity contribution in [3.8, 4) is 0 Å². The van der Waals surface area contributed by atoms with Gasteiger partial charge in [-0.25, -0.2) is 24.3 Å². The first-order valence-corrected chi connectivity index (χ1v) is 20.4. The highest BCUT2D eigenvalue weighted by Crippen LogP contribution is 2.36. The second-order valence-corrected chi connectivity index (χ2v) is 16.5. The van der Waals surface area contributed by atoms with Crippen LogP contribution >= 0.6 is 0 Å². The molecule has 2 aliphatic rings. The average Bonchev–Trinajstić information content (AvgIpc) is 3.11. The quantitative estimate of drug-likeness (QED) is 0.0492. The predicted octanol–water partition coefficient (Wildman–Crippen LogP) is 4.57. The minimum absolute atomic E-state index is 0. The number of methoxy groups -OCH3 is 1. The van der Waals surface area contributed by atoms with Crippen LogP contribution in [-0.2, 0) is 62.0 Å². The van der Waals surface area contributed by atoms with Gasteiger partial charge >= 0.3 is 49.1 Å². The number of hydrogen-bond donors (Lipinski definition) is 6. The molecule has 8 N–H and O–H groups in total. The molecule has 0 aromatic rings. The van der Waals surface area contributed by atoms with E-state index >= 15 is 0 Å². The molecule has 20 heteroatoms. The van der Waals surface area contributed by atoms with Gasteiger partial charge in [0, 0.05) is 0 Å². The Hall–Kier alpha value is -4.53. The van der Waals surface area contributed by atoms with Crippen LogP contribution in [0.4, 0.5) is 0 Å². The first kappa shape index (κ1) is 58.5. The Kier molecular flexibility index (Phi) is 29.9. The molecule has 0 saturated carbocycles. The zero-order valence-electron chi connectivity index (χ0n) is 41.9. The standard InChI is InChI=1S/C12H22O5.C11H18O4.C9H16O5.C9H14O4.C2H5O.H2O/c1-5-17-11(14)12(15,7-6-9(2)3)8-10(13)16-4;1-4-14-10(13)11(6-5-8(2)3)7-9(12)15-11;1-6(2)3-4-9(14,8(12)13)5-7(10)11;1-6(2)3-4-9(8(11)12)5-7(10)13-9;1-2-3;/h9,15H,5-8H2,1-4H3;8H,4-7H2,1-3H3;6,14H,3-5H2,1-2H3,(H,10,11)(H,12,13);6H,3-5H2,1-2H3,(H,11,12);2-3H,1H3;1H2/q;;;;+1;/i5T;4T;;;2T;. The molecule has 368 valence electrons. The van der Waals surface area contributed by atoms with Crippen LogP contribution in [0.15, 0.2) is 0 Å². The minimum atomic E-state index is -2.13. The third-order valence-corrected chi connectivity index (χ3v) is 9.10. The summed E-state index contributed by atoms with van der Waals surface area (Å²) in [7, 11) is 1.18. The maximum Gasteiger partial charge on any atom is 0.366 e. The number of aliphatic hydroxyl groups excluding tert-OH is 1. The molecule has 6 unspecified atom stereocenters. The summed E-state index contributed by atoms with van der Waals surface area (Å²) < 4.78 is 43.9. The normalized spacial score (nSPS) is 20.5. The number of cyclic esters (lactones) is 2. The van der Waals surface area contributed by atoms with E-state index in [1.165, 1.54) is 27.9 Å². The number of carboxylic acids is 3. The molecule has 0 aromatic carbocycles. The number of hydrogen-bond acceptors (Lipinski definition) is 16. The van der Waals surface area contributed by atoms with Crippen molar-refractivity contribution in [2.45, 2.75) is 176 Å². The van der Waals surface area contributed by atoms with Crippen LogP contribution in [0.3, 0.4) is 0 Å². The Balaban J connectivity index is -0.000000378. The van der Waals surface area contributed by atoms with Gasteiger partial charge in [-0.3, -0.25) is 19.2 Å². The molecular formula is C43H77O20+. The molecule has 2 aliphatic heterocycles. The van der Waals surface area contributed by atoms with Crippen molar-refractivity contribution >= 4 is 47.8 Å². The largest absolute Gasteiger partial charge is 0.481 e. The number of carboxylic acid groups (broad SMARTS) is 3. The summed E-state index contributed by atoms with van der Waals surface area (Å²) in [6, 6.07) is 0. The van der Waals surface area contributed by atoms with E-state index in [2.05, 4.69) is 9.47 Å². The van der Waals surface area contributed by atoms with E-state index in [0.29, 0.717) is 37.5 Å². The van der Waals surface area contributed by atoms with Crippen molar-refractivity contribution in [1.82, 2.24) is 0 Å².